The topological polar surface area (TPSA) is 123 Å². The molecule has 0 saturated heterocycles. The van der Waals surface area contributed by atoms with Crippen LogP contribution in [0.4, 0.5) is 9.18 Å². The standard InChI is InChI=1S/C23H30FN5O3/c1-22(2,3-5-25)4-6-29-18(12-24)17(13-27-29)20(30)28-19-15-7-14-8-16(19)11-23(9-14,10-15)32-21(26)31/h4,6,13-16,19H,3,7-12H2,1-2H3,(H2,26,31)(H,28,30)/b6-4+. The van der Waals surface area contributed by atoms with Crippen LogP contribution in [0.15, 0.2) is 12.3 Å². The molecule has 0 radical (unpaired) electrons. The molecule has 4 aliphatic rings. The van der Waals surface area contributed by atoms with Gasteiger partial charge in [-0.3, -0.25) is 4.79 Å². The van der Waals surface area contributed by atoms with Crippen LogP contribution in [0.1, 0.15) is 68.4 Å². The number of halogens is 1. The number of carbonyl (C=O) groups excluding carboxylic acids is 2. The molecular weight excluding hydrogens is 413 g/mol. The van der Waals surface area contributed by atoms with E-state index in [-0.39, 0.29) is 40.5 Å². The number of hydrogen-bond donors (Lipinski definition) is 2. The second-order valence-corrected chi connectivity index (χ2v) is 10.3. The quantitative estimate of drug-likeness (QED) is 0.667. The Bertz CT molecular complexity index is 963. The number of hydrogen-bond acceptors (Lipinski definition) is 5. The lowest BCUT2D eigenvalue weighted by atomic mass is 9.52. The van der Waals surface area contributed by atoms with E-state index in [2.05, 4.69) is 16.5 Å². The minimum atomic E-state index is -0.832. The summed E-state index contributed by atoms with van der Waals surface area (Å²) in [6, 6.07) is 2.09. The van der Waals surface area contributed by atoms with E-state index in [1.54, 1.807) is 12.3 Å². The van der Waals surface area contributed by atoms with E-state index in [0.717, 1.165) is 19.3 Å². The third-order valence-corrected chi connectivity index (χ3v) is 7.30. The Hall–Kier alpha value is -2.89. The van der Waals surface area contributed by atoms with Crippen LogP contribution >= 0.6 is 0 Å². The number of ether oxygens (including phenoxy) is 1. The van der Waals surface area contributed by atoms with Gasteiger partial charge in [0.1, 0.15) is 12.3 Å². The number of nitrogens with one attached hydrogen (secondary N) is 1. The van der Waals surface area contributed by atoms with Crippen molar-refractivity contribution >= 4 is 18.2 Å². The van der Waals surface area contributed by atoms with Crippen molar-refractivity contribution in [3.8, 4) is 6.07 Å². The zero-order valence-corrected chi connectivity index (χ0v) is 18.5. The van der Waals surface area contributed by atoms with Gasteiger partial charge in [-0.15, -0.1) is 0 Å². The largest absolute Gasteiger partial charge is 0.443 e. The summed E-state index contributed by atoms with van der Waals surface area (Å²) >= 11 is 0. The molecule has 2 unspecified atom stereocenters. The van der Waals surface area contributed by atoms with Crippen LogP contribution in [-0.2, 0) is 11.4 Å². The van der Waals surface area contributed by atoms with E-state index in [9.17, 15) is 14.0 Å². The summed E-state index contributed by atoms with van der Waals surface area (Å²) in [5.41, 5.74) is 4.82. The summed E-state index contributed by atoms with van der Waals surface area (Å²) in [4.78, 5) is 24.5. The van der Waals surface area contributed by atoms with Crippen LogP contribution in [0.25, 0.3) is 6.20 Å². The van der Waals surface area contributed by atoms with Crippen molar-refractivity contribution < 1.29 is 18.7 Å². The predicted octanol–water partition coefficient (Wildman–Crippen LogP) is 3.54. The molecule has 2 amide bonds. The first-order valence-electron chi connectivity index (χ1n) is 11.1. The molecule has 2 atom stereocenters. The summed E-state index contributed by atoms with van der Waals surface area (Å²) in [5.74, 6) is 0.558. The van der Waals surface area contributed by atoms with Gasteiger partial charge in [-0.2, -0.15) is 10.4 Å². The fourth-order valence-corrected chi connectivity index (χ4v) is 6.13. The molecule has 5 rings (SSSR count). The number of nitrogens with zero attached hydrogens (tertiary/aromatic N) is 3. The third kappa shape index (κ3) is 4.23. The predicted molar refractivity (Wildman–Crippen MR) is 115 cm³/mol. The molecule has 4 fully saturated rings. The van der Waals surface area contributed by atoms with Crippen LogP contribution in [0, 0.1) is 34.5 Å². The van der Waals surface area contributed by atoms with Gasteiger partial charge in [-0.1, -0.05) is 19.9 Å². The number of rotatable bonds is 7. The molecular formula is C23H30FN5O3. The Balaban J connectivity index is 1.48. The molecule has 4 aliphatic carbocycles. The number of alkyl halides is 1. The number of allylic oxidation sites excluding steroid dienone is 1. The zero-order chi connectivity index (χ0) is 23.1. The maximum atomic E-state index is 13.9. The minimum absolute atomic E-state index is 0.0374. The third-order valence-electron chi connectivity index (χ3n) is 7.30. The second kappa shape index (κ2) is 8.23. The summed E-state index contributed by atoms with van der Waals surface area (Å²) < 4.78 is 20.8. The molecule has 1 aromatic heterocycles. The number of amides is 2. The highest BCUT2D eigenvalue weighted by Gasteiger charge is 2.57. The molecule has 3 N–H and O–H groups in total. The number of carbonyl (C=O) groups is 2. The maximum Gasteiger partial charge on any atom is 0.405 e. The van der Waals surface area contributed by atoms with Crippen LogP contribution in [0.2, 0.25) is 0 Å². The van der Waals surface area contributed by atoms with Crippen molar-refractivity contribution in [2.24, 2.45) is 28.9 Å². The van der Waals surface area contributed by atoms with Crippen molar-refractivity contribution in [3.63, 3.8) is 0 Å². The Morgan fingerprint density at radius 2 is 2.09 bits per heavy atom. The molecule has 4 saturated carbocycles. The Morgan fingerprint density at radius 3 is 2.69 bits per heavy atom. The monoisotopic (exact) mass is 443 g/mol. The first-order chi connectivity index (χ1) is 15.1. The van der Waals surface area contributed by atoms with Gasteiger partial charge in [0, 0.05) is 18.7 Å². The normalized spacial score (nSPS) is 30.9. The number of nitriles is 1. The molecule has 0 aliphatic heterocycles. The molecule has 1 heterocycles. The number of aromatic nitrogens is 2. The Labute approximate surface area is 187 Å². The summed E-state index contributed by atoms with van der Waals surface area (Å²) in [7, 11) is 0. The zero-order valence-electron chi connectivity index (χ0n) is 18.5. The fourth-order valence-electron chi connectivity index (χ4n) is 6.13. The molecule has 1 aromatic rings. The van der Waals surface area contributed by atoms with E-state index >= 15 is 0 Å². The van der Waals surface area contributed by atoms with Crippen molar-refractivity contribution in [3.05, 3.63) is 23.5 Å². The van der Waals surface area contributed by atoms with Crippen molar-refractivity contribution in [1.82, 2.24) is 15.1 Å². The highest BCUT2D eigenvalue weighted by atomic mass is 19.1. The van der Waals surface area contributed by atoms with Crippen LogP contribution < -0.4 is 11.1 Å². The van der Waals surface area contributed by atoms with Gasteiger partial charge in [-0.05, 0) is 55.3 Å². The highest BCUT2D eigenvalue weighted by molar-refractivity contribution is 5.95. The van der Waals surface area contributed by atoms with Crippen molar-refractivity contribution in [2.75, 3.05) is 0 Å². The lowest BCUT2D eigenvalue weighted by Gasteiger charge is -2.58. The van der Waals surface area contributed by atoms with Gasteiger partial charge in [0.25, 0.3) is 5.91 Å². The average Bonchev–Trinajstić information content (AvgIpc) is 3.11. The first-order valence-corrected chi connectivity index (χ1v) is 11.1. The average molecular weight is 444 g/mol. The number of nitrogens with two attached hydrogens (primary N) is 1. The van der Waals surface area contributed by atoms with Crippen molar-refractivity contribution in [1.29, 1.82) is 5.26 Å². The Morgan fingerprint density at radius 1 is 1.41 bits per heavy atom. The number of primary amides is 1. The molecule has 8 nitrogen and oxygen atoms in total. The van der Waals surface area contributed by atoms with Gasteiger partial charge in [0.15, 0.2) is 0 Å². The van der Waals surface area contributed by atoms with Crippen molar-refractivity contribution in [2.45, 2.75) is 70.7 Å². The lowest BCUT2D eigenvalue weighted by molar-refractivity contribution is -0.137. The van der Waals surface area contributed by atoms with E-state index in [0.29, 0.717) is 25.2 Å². The van der Waals surface area contributed by atoms with Gasteiger partial charge in [0.05, 0.1) is 23.5 Å². The first kappa shape index (κ1) is 22.3. The molecule has 0 aromatic carbocycles. The SMILES string of the molecule is CC(C)(/C=C/n1ncc(C(=O)NC2C3CC4CC2CC(OC(N)=O)(C4)C3)c1CF)CC#N. The van der Waals surface area contributed by atoms with E-state index in [1.807, 2.05) is 13.8 Å². The molecule has 9 heteroatoms. The van der Waals surface area contributed by atoms with Gasteiger partial charge >= 0.3 is 6.09 Å². The lowest BCUT2D eigenvalue weighted by Crippen LogP contribution is -2.63. The molecule has 172 valence electrons. The molecule has 4 bridgehead atoms. The highest BCUT2D eigenvalue weighted by Crippen LogP contribution is 2.57. The maximum absolute atomic E-state index is 13.9. The van der Waals surface area contributed by atoms with E-state index in [1.165, 1.54) is 10.9 Å². The summed E-state index contributed by atoms with van der Waals surface area (Å²) in [6.45, 7) is 2.97. The summed E-state index contributed by atoms with van der Waals surface area (Å²) in [6.07, 6.45) is 8.57. The van der Waals surface area contributed by atoms with E-state index < -0.39 is 18.4 Å². The van der Waals surface area contributed by atoms with Crippen LogP contribution in [0.5, 0.6) is 0 Å². The van der Waals surface area contributed by atoms with Gasteiger partial charge in [0.2, 0.25) is 0 Å². The smallest absolute Gasteiger partial charge is 0.405 e. The molecule has 0 spiro atoms. The fraction of sp³-hybridized carbons (Fsp3) is 0.652. The summed E-state index contributed by atoms with van der Waals surface area (Å²) in [5, 5.41) is 16.2. The minimum Gasteiger partial charge on any atom is -0.443 e. The molecule has 32 heavy (non-hydrogen) atoms. The van der Waals surface area contributed by atoms with Crippen LogP contribution in [-0.4, -0.2) is 33.4 Å². The van der Waals surface area contributed by atoms with Crippen LogP contribution in [0.3, 0.4) is 0 Å². The second-order valence-electron chi connectivity index (χ2n) is 10.3. The van der Waals surface area contributed by atoms with Gasteiger partial charge in [-0.25, -0.2) is 13.9 Å². The Kier molecular flexibility index (Phi) is 5.74. The van der Waals surface area contributed by atoms with E-state index in [4.69, 9.17) is 15.7 Å². The van der Waals surface area contributed by atoms with Gasteiger partial charge < -0.3 is 15.8 Å².